The predicted molar refractivity (Wildman–Crippen MR) is 67.3 cm³/mol. The molecule has 0 aliphatic carbocycles. The SMILES string of the molecule is CN(C)c1ccc(C(=O)N2CC(C)(O)C2)cc1. The lowest BCUT2D eigenvalue weighted by atomic mass is 9.96. The zero-order valence-corrected chi connectivity index (χ0v) is 10.5. The molecule has 0 spiro atoms. The van der Waals surface area contributed by atoms with Gasteiger partial charge in [0.15, 0.2) is 0 Å². The number of rotatable bonds is 2. The largest absolute Gasteiger partial charge is 0.386 e. The van der Waals surface area contributed by atoms with Gasteiger partial charge in [-0.25, -0.2) is 0 Å². The average Bonchev–Trinajstić information content (AvgIpc) is 2.25. The van der Waals surface area contributed by atoms with Crippen LogP contribution in [0.5, 0.6) is 0 Å². The van der Waals surface area contributed by atoms with E-state index in [2.05, 4.69) is 0 Å². The van der Waals surface area contributed by atoms with Crippen LogP contribution in [0.3, 0.4) is 0 Å². The summed E-state index contributed by atoms with van der Waals surface area (Å²) in [6.07, 6.45) is 0. The van der Waals surface area contributed by atoms with Gasteiger partial charge >= 0.3 is 0 Å². The van der Waals surface area contributed by atoms with Gasteiger partial charge in [0.05, 0.1) is 18.7 Å². The molecule has 1 fully saturated rings. The van der Waals surface area contributed by atoms with Crippen LogP contribution in [-0.2, 0) is 0 Å². The summed E-state index contributed by atoms with van der Waals surface area (Å²) in [4.78, 5) is 15.6. The maximum absolute atomic E-state index is 12.0. The first kappa shape index (κ1) is 11.9. The number of hydrogen-bond donors (Lipinski definition) is 1. The monoisotopic (exact) mass is 234 g/mol. The van der Waals surface area contributed by atoms with E-state index >= 15 is 0 Å². The van der Waals surface area contributed by atoms with E-state index in [4.69, 9.17) is 0 Å². The lowest BCUT2D eigenvalue weighted by Crippen LogP contribution is -2.61. The van der Waals surface area contributed by atoms with E-state index in [-0.39, 0.29) is 5.91 Å². The van der Waals surface area contributed by atoms with Gasteiger partial charge in [0, 0.05) is 25.3 Å². The molecule has 1 aliphatic heterocycles. The summed E-state index contributed by atoms with van der Waals surface area (Å²) < 4.78 is 0. The van der Waals surface area contributed by atoms with E-state index < -0.39 is 5.60 Å². The van der Waals surface area contributed by atoms with Crippen molar-refractivity contribution in [2.45, 2.75) is 12.5 Å². The van der Waals surface area contributed by atoms with Crippen LogP contribution in [0.4, 0.5) is 5.69 Å². The zero-order chi connectivity index (χ0) is 12.6. The minimum Gasteiger partial charge on any atom is -0.386 e. The Balaban J connectivity index is 2.06. The lowest BCUT2D eigenvalue weighted by Gasteiger charge is -2.44. The molecule has 1 saturated heterocycles. The molecule has 0 radical (unpaired) electrons. The number of benzene rings is 1. The third-order valence-electron chi connectivity index (χ3n) is 2.98. The molecule has 4 heteroatoms. The Labute approximate surface area is 101 Å². The fraction of sp³-hybridized carbons (Fsp3) is 0.462. The number of β-amino-alcohol motifs (C(OH)–C–C–N with tert-alkyl or cyclic N) is 1. The number of carbonyl (C=O) groups is 1. The van der Waals surface area contributed by atoms with Crippen molar-refractivity contribution >= 4 is 11.6 Å². The van der Waals surface area contributed by atoms with Gasteiger partial charge in [0.1, 0.15) is 0 Å². The van der Waals surface area contributed by atoms with Crippen molar-refractivity contribution in [3.63, 3.8) is 0 Å². The summed E-state index contributed by atoms with van der Waals surface area (Å²) in [5, 5.41) is 9.60. The molecule has 1 aromatic rings. The molecule has 1 aliphatic rings. The first-order valence-electron chi connectivity index (χ1n) is 5.68. The van der Waals surface area contributed by atoms with E-state index in [9.17, 15) is 9.90 Å². The number of carbonyl (C=O) groups excluding carboxylic acids is 1. The quantitative estimate of drug-likeness (QED) is 0.829. The van der Waals surface area contributed by atoms with Gasteiger partial charge in [-0.2, -0.15) is 0 Å². The minimum atomic E-state index is -0.709. The highest BCUT2D eigenvalue weighted by molar-refractivity contribution is 5.95. The van der Waals surface area contributed by atoms with Crippen molar-refractivity contribution in [3.05, 3.63) is 29.8 Å². The molecule has 17 heavy (non-hydrogen) atoms. The Bertz CT molecular complexity index is 416. The fourth-order valence-corrected chi connectivity index (χ4v) is 2.00. The van der Waals surface area contributed by atoms with Gasteiger partial charge in [-0.05, 0) is 31.2 Å². The molecular formula is C13H18N2O2. The van der Waals surface area contributed by atoms with Crippen LogP contribution in [0.1, 0.15) is 17.3 Å². The molecule has 92 valence electrons. The fourth-order valence-electron chi connectivity index (χ4n) is 2.00. The van der Waals surface area contributed by atoms with Gasteiger partial charge in [-0.1, -0.05) is 0 Å². The smallest absolute Gasteiger partial charge is 0.254 e. The van der Waals surface area contributed by atoms with E-state index in [0.717, 1.165) is 5.69 Å². The van der Waals surface area contributed by atoms with Crippen LogP contribution >= 0.6 is 0 Å². The molecule has 1 heterocycles. The Kier molecular flexibility index (Phi) is 2.83. The Morgan fingerprint density at radius 1 is 1.29 bits per heavy atom. The third-order valence-corrected chi connectivity index (χ3v) is 2.98. The molecule has 1 amide bonds. The van der Waals surface area contributed by atoms with Crippen molar-refractivity contribution in [2.24, 2.45) is 0 Å². The van der Waals surface area contributed by atoms with E-state index in [1.165, 1.54) is 0 Å². The van der Waals surface area contributed by atoms with Crippen molar-refractivity contribution in [1.29, 1.82) is 0 Å². The molecule has 1 N–H and O–H groups in total. The van der Waals surface area contributed by atoms with Crippen LogP contribution in [0.25, 0.3) is 0 Å². The highest BCUT2D eigenvalue weighted by atomic mass is 16.3. The first-order chi connectivity index (χ1) is 7.89. The standard InChI is InChI=1S/C13H18N2O2/c1-13(17)8-15(9-13)12(16)10-4-6-11(7-5-10)14(2)3/h4-7,17H,8-9H2,1-3H3. The molecule has 0 atom stereocenters. The van der Waals surface area contributed by atoms with Crippen LogP contribution in [0.15, 0.2) is 24.3 Å². The number of aliphatic hydroxyl groups is 1. The molecule has 2 rings (SSSR count). The maximum Gasteiger partial charge on any atom is 0.254 e. The van der Waals surface area contributed by atoms with Crippen molar-refractivity contribution in [1.82, 2.24) is 4.90 Å². The number of anilines is 1. The topological polar surface area (TPSA) is 43.8 Å². The second-order valence-corrected chi connectivity index (χ2v) is 5.10. The summed E-state index contributed by atoms with van der Waals surface area (Å²) in [5.74, 6) is -0.0122. The summed E-state index contributed by atoms with van der Waals surface area (Å²) in [6, 6.07) is 7.49. The molecule has 0 saturated carbocycles. The van der Waals surface area contributed by atoms with Gasteiger partial charge < -0.3 is 14.9 Å². The second kappa shape index (κ2) is 4.04. The number of amides is 1. The molecule has 1 aromatic carbocycles. The molecule has 0 bridgehead atoms. The van der Waals surface area contributed by atoms with Gasteiger partial charge in [0.25, 0.3) is 5.91 Å². The Hall–Kier alpha value is -1.55. The van der Waals surface area contributed by atoms with Crippen LogP contribution in [-0.4, -0.2) is 48.7 Å². The number of nitrogens with zero attached hydrogens (tertiary/aromatic N) is 2. The highest BCUT2D eigenvalue weighted by Gasteiger charge is 2.39. The Morgan fingerprint density at radius 3 is 2.24 bits per heavy atom. The van der Waals surface area contributed by atoms with Crippen LogP contribution < -0.4 is 4.90 Å². The minimum absolute atomic E-state index is 0.0122. The predicted octanol–water partition coefficient (Wildman–Crippen LogP) is 0.959. The van der Waals surface area contributed by atoms with E-state index in [1.807, 2.05) is 43.3 Å². The van der Waals surface area contributed by atoms with Gasteiger partial charge in [0.2, 0.25) is 0 Å². The van der Waals surface area contributed by atoms with Crippen LogP contribution in [0, 0.1) is 0 Å². The molecule has 0 aromatic heterocycles. The van der Waals surface area contributed by atoms with Crippen molar-refractivity contribution in [2.75, 3.05) is 32.1 Å². The van der Waals surface area contributed by atoms with Gasteiger partial charge in [-0.3, -0.25) is 4.79 Å². The lowest BCUT2D eigenvalue weighted by molar-refractivity contribution is -0.0668. The van der Waals surface area contributed by atoms with Crippen LogP contribution in [0.2, 0.25) is 0 Å². The van der Waals surface area contributed by atoms with E-state index in [0.29, 0.717) is 18.7 Å². The summed E-state index contributed by atoms with van der Waals surface area (Å²) in [6.45, 7) is 2.58. The van der Waals surface area contributed by atoms with E-state index in [1.54, 1.807) is 11.8 Å². The van der Waals surface area contributed by atoms with Gasteiger partial charge in [-0.15, -0.1) is 0 Å². The Morgan fingerprint density at radius 2 is 1.82 bits per heavy atom. The molecule has 4 nitrogen and oxygen atoms in total. The third kappa shape index (κ3) is 2.42. The molecule has 0 unspecified atom stereocenters. The summed E-state index contributed by atoms with van der Waals surface area (Å²) >= 11 is 0. The van der Waals surface area contributed by atoms with Crippen molar-refractivity contribution in [3.8, 4) is 0 Å². The summed E-state index contributed by atoms with van der Waals surface area (Å²) in [5.41, 5.74) is 1.03. The second-order valence-electron chi connectivity index (χ2n) is 5.10. The van der Waals surface area contributed by atoms with Crippen molar-refractivity contribution < 1.29 is 9.90 Å². The summed E-state index contributed by atoms with van der Waals surface area (Å²) in [7, 11) is 3.92. The average molecular weight is 234 g/mol. The maximum atomic E-state index is 12.0. The number of likely N-dealkylation sites (tertiary alicyclic amines) is 1. The normalized spacial score (nSPS) is 17.5. The first-order valence-corrected chi connectivity index (χ1v) is 5.68. The molecular weight excluding hydrogens is 216 g/mol. The highest BCUT2D eigenvalue weighted by Crippen LogP contribution is 2.22. The number of hydrogen-bond acceptors (Lipinski definition) is 3. The zero-order valence-electron chi connectivity index (χ0n) is 10.5.